The van der Waals surface area contributed by atoms with Crippen LogP contribution >= 0.6 is 23.2 Å². The molecule has 4 N–H and O–H groups in total. The second-order valence-corrected chi connectivity index (χ2v) is 10.5. The maximum atomic E-state index is 13.4. The van der Waals surface area contributed by atoms with Gasteiger partial charge in [-0.3, -0.25) is 24.5 Å². The predicted octanol–water partition coefficient (Wildman–Crippen LogP) is 5.63. The van der Waals surface area contributed by atoms with Gasteiger partial charge in [0.1, 0.15) is 4.90 Å². The number of rotatable bonds is 8. The monoisotopic (exact) mass is 582 g/mol. The van der Waals surface area contributed by atoms with Crippen LogP contribution in [0.4, 0.5) is 11.4 Å². The normalized spacial score (nSPS) is 11.3. The van der Waals surface area contributed by atoms with Crippen LogP contribution in [0.25, 0.3) is 17.3 Å². The van der Waals surface area contributed by atoms with E-state index in [2.05, 4.69) is 15.0 Å². The second kappa shape index (κ2) is 12.1. The molecular weight excluding hydrogens is 563 g/mol. The van der Waals surface area contributed by atoms with Crippen LogP contribution in [-0.4, -0.2) is 30.4 Å². The number of hydroxylamine groups is 1. The Kier molecular flexibility index (Phi) is 8.62. The lowest BCUT2D eigenvalue weighted by Crippen LogP contribution is -2.21. The molecule has 0 spiro atoms. The Hall–Kier alpha value is -4.22. The highest BCUT2D eigenvalue weighted by Gasteiger charge is 2.26. The summed E-state index contributed by atoms with van der Waals surface area (Å²) in [7, 11) is -4.35. The molecule has 3 aromatic carbocycles. The first-order valence-electron chi connectivity index (χ1n) is 11.2. The second-order valence-electron chi connectivity index (χ2n) is 8.02. The van der Waals surface area contributed by atoms with E-state index in [-0.39, 0.29) is 16.3 Å². The van der Waals surface area contributed by atoms with E-state index in [0.29, 0.717) is 27.5 Å². The van der Waals surface area contributed by atoms with Crippen LogP contribution in [0, 0.1) is 0 Å². The van der Waals surface area contributed by atoms with Gasteiger partial charge in [-0.2, -0.15) is 0 Å². The van der Waals surface area contributed by atoms with Gasteiger partial charge in [0, 0.05) is 28.5 Å². The van der Waals surface area contributed by atoms with Crippen LogP contribution in [0.2, 0.25) is 10.0 Å². The molecular formula is C27H20Cl2N4O5S. The zero-order chi connectivity index (χ0) is 28.0. The van der Waals surface area contributed by atoms with E-state index in [1.54, 1.807) is 54.7 Å². The molecule has 0 fully saturated rings. The average Bonchev–Trinajstić information content (AvgIpc) is 2.92. The number of carbonyl (C=O) groups is 2. The molecule has 0 bridgehead atoms. The van der Waals surface area contributed by atoms with E-state index >= 15 is 0 Å². The third-order valence-electron chi connectivity index (χ3n) is 5.33. The molecule has 1 aromatic heterocycles. The van der Waals surface area contributed by atoms with Crippen molar-refractivity contribution >= 4 is 62.5 Å². The summed E-state index contributed by atoms with van der Waals surface area (Å²) in [6.45, 7) is 0. The highest BCUT2D eigenvalue weighted by Crippen LogP contribution is 2.32. The van der Waals surface area contributed by atoms with Crippen LogP contribution < -0.4 is 15.5 Å². The highest BCUT2D eigenvalue weighted by molar-refractivity contribution is 7.93. The lowest BCUT2D eigenvalue weighted by Gasteiger charge is -2.16. The molecule has 1 heterocycles. The van der Waals surface area contributed by atoms with Crippen LogP contribution in [-0.2, 0) is 14.8 Å². The molecule has 4 aromatic rings. The zero-order valence-corrected chi connectivity index (χ0v) is 22.3. The van der Waals surface area contributed by atoms with E-state index in [1.165, 1.54) is 41.9 Å². The minimum Gasteiger partial charge on any atom is -0.321 e. The van der Waals surface area contributed by atoms with Crippen LogP contribution in [0.15, 0.2) is 96.0 Å². The maximum Gasteiger partial charge on any atom is 0.267 e. The van der Waals surface area contributed by atoms with Crippen molar-refractivity contribution in [2.45, 2.75) is 4.90 Å². The van der Waals surface area contributed by atoms with Crippen molar-refractivity contribution in [1.29, 1.82) is 0 Å². The molecule has 0 radical (unpaired) electrons. The molecule has 0 aliphatic heterocycles. The van der Waals surface area contributed by atoms with Crippen LogP contribution in [0.1, 0.15) is 15.9 Å². The lowest BCUT2D eigenvalue weighted by atomic mass is 10.1. The Morgan fingerprint density at radius 1 is 0.923 bits per heavy atom. The van der Waals surface area contributed by atoms with Crippen LogP contribution in [0.3, 0.4) is 0 Å². The van der Waals surface area contributed by atoms with E-state index in [9.17, 15) is 18.0 Å². The number of carbonyl (C=O) groups excluding carboxylic acids is 2. The largest absolute Gasteiger partial charge is 0.321 e. The van der Waals surface area contributed by atoms with Crippen molar-refractivity contribution < 1.29 is 23.2 Å². The van der Waals surface area contributed by atoms with Gasteiger partial charge in [0.05, 0.1) is 22.0 Å². The third-order valence-corrected chi connectivity index (χ3v) is 7.47. The summed E-state index contributed by atoms with van der Waals surface area (Å²) in [6.07, 6.45) is 4.05. The number of pyridine rings is 1. The van der Waals surface area contributed by atoms with E-state index < -0.39 is 26.7 Å². The molecule has 0 aliphatic rings. The zero-order valence-electron chi connectivity index (χ0n) is 19.9. The van der Waals surface area contributed by atoms with Gasteiger partial charge in [-0.25, -0.2) is 13.9 Å². The maximum absolute atomic E-state index is 13.4. The molecule has 198 valence electrons. The van der Waals surface area contributed by atoms with Gasteiger partial charge >= 0.3 is 0 Å². The lowest BCUT2D eigenvalue weighted by molar-refractivity contribution is -0.124. The topological polar surface area (TPSA) is 137 Å². The number of nitrogens with zero attached hydrogens (tertiary/aromatic N) is 1. The Morgan fingerprint density at radius 3 is 2.46 bits per heavy atom. The first-order chi connectivity index (χ1) is 18.7. The Labute approximate surface area is 234 Å². The number of benzene rings is 3. The number of halogens is 2. The van der Waals surface area contributed by atoms with Crippen molar-refractivity contribution in [3.05, 3.63) is 112 Å². The van der Waals surface area contributed by atoms with Gasteiger partial charge in [0.15, 0.2) is 0 Å². The summed E-state index contributed by atoms with van der Waals surface area (Å²) in [5.41, 5.74) is 3.37. The van der Waals surface area contributed by atoms with Gasteiger partial charge in [-0.1, -0.05) is 47.5 Å². The molecule has 0 atom stereocenters. The molecule has 0 saturated heterocycles. The minimum absolute atomic E-state index is 0.156. The number of sulfonamides is 1. The molecule has 0 saturated carbocycles. The third kappa shape index (κ3) is 6.81. The summed E-state index contributed by atoms with van der Waals surface area (Å²) in [6, 6.07) is 20.4. The number of anilines is 2. The summed E-state index contributed by atoms with van der Waals surface area (Å²) >= 11 is 12.5. The van der Waals surface area contributed by atoms with Crippen LogP contribution in [0.5, 0.6) is 0 Å². The Morgan fingerprint density at radius 2 is 1.72 bits per heavy atom. The Balaban J connectivity index is 1.67. The molecule has 39 heavy (non-hydrogen) atoms. The number of aromatic nitrogens is 1. The highest BCUT2D eigenvalue weighted by atomic mass is 35.5. The number of hydrogen-bond donors (Lipinski definition) is 4. The number of nitrogens with one attached hydrogen (secondary N) is 3. The van der Waals surface area contributed by atoms with Crippen molar-refractivity contribution in [1.82, 2.24) is 10.5 Å². The predicted molar refractivity (Wildman–Crippen MR) is 150 cm³/mol. The van der Waals surface area contributed by atoms with Gasteiger partial charge < -0.3 is 5.32 Å². The number of amides is 2. The standard InChI is InChI=1S/C27H20Cl2N4O5S/c28-18-11-12-24(21(16-18)23-9-1-2-14-30-23)31-27(35)20-7-4-8-22(29)26(20)39(37,38)33-19-6-3-5-17(15-19)10-13-25(34)32-36/h1-16,33,36H,(H,31,35)(H,32,34)/b13-10+. The summed E-state index contributed by atoms with van der Waals surface area (Å²) in [5, 5.41) is 11.6. The van der Waals surface area contributed by atoms with E-state index in [1.807, 2.05) is 0 Å². The fraction of sp³-hybridized carbons (Fsp3) is 0. The van der Waals surface area contributed by atoms with Gasteiger partial charge in [-0.15, -0.1) is 0 Å². The first kappa shape index (κ1) is 27.8. The smallest absolute Gasteiger partial charge is 0.267 e. The molecule has 2 amide bonds. The van der Waals surface area contributed by atoms with Crippen molar-refractivity contribution in [3.63, 3.8) is 0 Å². The SMILES string of the molecule is O=C(/C=C/c1cccc(NS(=O)(=O)c2c(Cl)cccc2C(=O)Nc2ccc(Cl)cc2-c2ccccn2)c1)NO. The summed E-state index contributed by atoms with van der Waals surface area (Å²) in [5.74, 6) is -1.47. The molecule has 12 heteroatoms. The van der Waals surface area contributed by atoms with Gasteiger partial charge in [0.2, 0.25) is 0 Å². The molecule has 0 unspecified atom stereocenters. The Bertz CT molecular complexity index is 1680. The van der Waals surface area contributed by atoms with E-state index in [4.69, 9.17) is 28.4 Å². The summed E-state index contributed by atoms with van der Waals surface area (Å²) in [4.78, 5) is 28.5. The van der Waals surface area contributed by atoms with Gasteiger partial charge in [-0.05, 0) is 66.2 Å². The van der Waals surface area contributed by atoms with Gasteiger partial charge in [0.25, 0.3) is 21.8 Å². The van der Waals surface area contributed by atoms with Crippen molar-refractivity contribution in [3.8, 4) is 11.3 Å². The fourth-order valence-corrected chi connectivity index (χ4v) is 5.60. The van der Waals surface area contributed by atoms with E-state index in [0.717, 1.165) is 6.08 Å². The van der Waals surface area contributed by atoms with Crippen molar-refractivity contribution in [2.24, 2.45) is 0 Å². The minimum atomic E-state index is -4.35. The molecule has 0 aliphatic carbocycles. The fourth-order valence-electron chi connectivity index (χ4n) is 3.63. The van der Waals surface area contributed by atoms with Crippen molar-refractivity contribution in [2.75, 3.05) is 10.0 Å². The number of hydrogen-bond acceptors (Lipinski definition) is 6. The summed E-state index contributed by atoms with van der Waals surface area (Å²) < 4.78 is 29.3. The molecule has 9 nitrogen and oxygen atoms in total. The quantitative estimate of drug-likeness (QED) is 0.121. The first-order valence-corrected chi connectivity index (χ1v) is 13.5. The molecule has 4 rings (SSSR count). The average molecular weight is 583 g/mol.